The first kappa shape index (κ1) is 20.6. The lowest BCUT2D eigenvalue weighted by molar-refractivity contribution is -0.145. The van der Waals surface area contributed by atoms with Gasteiger partial charge in [0.1, 0.15) is 23.1 Å². The first-order valence-electron chi connectivity index (χ1n) is 10.1. The van der Waals surface area contributed by atoms with Crippen LogP contribution in [-0.2, 0) is 19.2 Å². The smallest absolute Gasteiger partial charge is 0.144 e. The minimum absolute atomic E-state index is 0.139. The van der Waals surface area contributed by atoms with E-state index >= 15 is 0 Å². The standard InChI is InChI=1S/C24H30O4/c1-14-8-6-7-9-15(14)20(21-16(25)10-23(2,3)11-17(21)26)22-18(27)12-24(4,5)13-19(22)28/h6-9,20-22H,10-13H2,1-5H3. The maximum atomic E-state index is 13.1. The molecule has 0 aliphatic heterocycles. The fourth-order valence-corrected chi connectivity index (χ4v) is 5.12. The molecule has 0 N–H and O–H groups in total. The van der Waals surface area contributed by atoms with Crippen molar-refractivity contribution >= 4 is 23.1 Å². The van der Waals surface area contributed by atoms with E-state index in [4.69, 9.17) is 0 Å². The van der Waals surface area contributed by atoms with Gasteiger partial charge in [-0.2, -0.15) is 0 Å². The summed E-state index contributed by atoms with van der Waals surface area (Å²) in [6.45, 7) is 9.58. The van der Waals surface area contributed by atoms with Crippen LogP contribution >= 0.6 is 0 Å². The third kappa shape index (κ3) is 3.87. The summed E-state index contributed by atoms with van der Waals surface area (Å²) in [5, 5.41) is 0. The molecule has 3 rings (SSSR count). The molecule has 2 aliphatic rings. The van der Waals surface area contributed by atoms with Gasteiger partial charge in [-0.3, -0.25) is 19.2 Å². The number of Topliss-reactive ketones (excluding diaryl/α,β-unsaturated/α-hetero) is 4. The van der Waals surface area contributed by atoms with Gasteiger partial charge in [-0.25, -0.2) is 0 Å². The Hall–Kier alpha value is -2.10. The number of rotatable bonds is 3. The predicted octanol–water partition coefficient (Wildman–Crippen LogP) is 4.23. The normalized spacial score (nSPS) is 23.5. The Balaban J connectivity index is 2.11. The highest BCUT2D eigenvalue weighted by Gasteiger charge is 2.52. The molecule has 4 heteroatoms. The molecule has 150 valence electrons. The van der Waals surface area contributed by atoms with E-state index in [0.29, 0.717) is 25.7 Å². The van der Waals surface area contributed by atoms with Crippen LogP contribution in [0.15, 0.2) is 24.3 Å². The quantitative estimate of drug-likeness (QED) is 0.734. The Bertz CT molecular complexity index is 758. The minimum atomic E-state index is -0.909. The average molecular weight is 383 g/mol. The van der Waals surface area contributed by atoms with Gasteiger partial charge in [-0.15, -0.1) is 0 Å². The van der Waals surface area contributed by atoms with Crippen molar-refractivity contribution in [2.45, 2.75) is 66.2 Å². The molecule has 0 unspecified atom stereocenters. The highest BCUT2D eigenvalue weighted by molar-refractivity contribution is 6.11. The molecule has 0 spiro atoms. The Labute approximate surface area is 167 Å². The van der Waals surface area contributed by atoms with Crippen molar-refractivity contribution in [3.8, 4) is 0 Å². The zero-order chi connectivity index (χ0) is 20.9. The van der Waals surface area contributed by atoms with E-state index in [9.17, 15) is 19.2 Å². The molecule has 0 saturated heterocycles. The molecule has 0 radical (unpaired) electrons. The van der Waals surface area contributed by atoms with Crippen LogP contribution in [-0.4, -0.2) is 23.1 Å². The number of aryl methyl sites for hydroxylation is 1. The molecular weight excluding hydrogens is 352 g/mol. The van der Waals surface area contributed by atoms with E-state index in [1.165, 1.54) is 0 Å². The van der Waals surface area contributed by atoms with Crippen molar-refractivity contribution in [2.75, 3.05) is 0 Å². The molecule has 0 heterocycles. The van der Waals surface area contributed by atoms with Gasteiger partial charge in [0.05, 0.1) is 11.8 Å². The van der Waals surface area contributed by atoms with Crippen LogP contribution in [0.1, 0.15) is 70.4 Å². The molecule has 1 aromatic rings. The van der Waals surface area contributed by atoms with Gasteiger partial charge in [0.15, 0.2) is 0 Å². The van der Waals surface area contributed by atoms with Gasteiger partial charge >= 0.3 is 0 Å². The number of benzene rings is 1. The van der Waals surface area contributed by atoms with E-state index in [0.717, 1.165) is 11.1 Å². The highest BCUT2D eigenvalue weighted by Crippen LogP contribution is 2.47. The molecule has 0 aromatic heterocycles. The topological polar surface area (TPSA) is 68.3 Å². The van der Waals surface area contributed by atoms with Gasteiger partial charge in [0, 0.05) is 31.6 Å². The third-order valence-electron chi connectivity index (χ3n) is 6.26. The summed E-state index contributed by atoms with van der Waals surface area (Å²) in [6.07, 6.45) is 1.19. The van der Waals surface area contributed by atoms with Crippen LogP contribution in [0.4, 0.5) is 0 Å². The average Bonchev–Trinajstić information content (AvgIpc) is 2.50. The zero-order valence-electron chi connectivity index (χ0n) is 17.5. The van der Waals surface area contributed by atoms with Crippen LogP contribution in [0.3, 0.4) is 0 Å². The van der Waals surface area contributed by atoms with Crippen molar-refractivity contribution in [1.29, 1.82) is 0 Å². The van der Waals surface area contributed by atoms with E-state index < -0.39 is 17.8 Å². The van der Waals surface area contributed by atoms with Gasteiger partial charge in [0.2, 0.25) is 0 Å². The van der Waals surface area contributed by atoms with E-state index in [1.807, 2.05) is 58.9 Å². The summed E-state index contributed by atoms with van der Waals surface area (Å²) in [5.41, 5.74) is 0.941. The Morgan fingerprint density at radius 2 is 1.07 bits per heavy atom. The first-order valence-corrected chi connectivity index (χ1v) is 10.1. The maximum absolute atomic E-state index is 13.1. The number of hydrogen-bond acceptors (Lipinski definition) is 4. The van der Waals surface area contributed by atoms with Crippen molar-refractivity contribution in [3.63, 3.8) is 0 Å². The lowest BCUT2D eigenvalue weighted by atomic mass is 9.59. The number of carbonyl (C=O) groups is 4. The molecule has 1 aromatic carbocycles. The fraction of sp³-hybridized carbons (Fsp3) is 0.583. The van der Waals surface area contributed by atoms with Crippen LogP contribution < -0.4 is 0 Å². The molecule has 4 nitrogen and oxygen atoms in total. The molecule has 0 amide bonds. The second-order valence-electron chi connectivity index (χ2n) is 10.2. The predicted molar refractivity (Wildman–Crippen MR) is 107 cm³/mol. The molecular formula is C24H30O4. The lowest BCUT2D eigenvalue weighted by Crippen LogP contribution is -2.48. The second kappa shape index (κ2) is 7.06. The Morgan fingerprint density at radius 1 is 0.714 bits per heavy atom. The van der Waals surface area contributed by atoms with Crippen LogP contribution in [0.2, 0.25) is 0 Å². The molecule has 28 heavy (non-hydrogen) atoms. The summed E-state index contributed by atoms with van der Waals surface area (Å²) < 4.78 is 0. The lowest BCUT2D eigenvalue weighted by Gasteiger charge is -2.41. The van der Waals surface area contributed by atoms with E-state index in [1.54, 1.807) is 0 Å². The molecule has 0 bridgehead atoms. The molecule has 2 fully saturated rings. The van der Waals surface area contributed by atoms with Gasteiger partial charge in [-0.05, 0) is 28.9 Å². The van der Waals surface area contributed by atoms with Gasteiger partial charge < -0.3 is 0 Å². The SMILES string of the molecule is Cc1ccccc1C(C1C(=O)CC(C)(C)CC1=O)C1C(=O)CC(C)(C)CC1=O. The molecule has 2 saturated carbocycles. The minimum Gasteiger partial charge on any atom is -0.299 e. The largest absolute Gasteiger partial charge is 0.299 e. The van der Waals surface area contributed by atoms with Crippen LogP contribution in [0.25, 0.3) is 0 Å². The monoisotopic (exact) mass is 382 g/mol. The number of hydrogen-bond donors (Lipinski definition) is 0. The van der Waals surface area contributed by atoms with Crippen molar-refractivity contribution < 1.29 is 19.2 Å². The molecule has 0 atom stereocenters. The van der Waals surface area contributed by atoms with Gasteiger partial charge in [-0.1, -0.05) is 52.0 Å². The molecule has 2 aliphatic carbocycles. The number of ketones is 4. The fourth-order valence-electron chi connectivity index (χ4n) is 5.12. The summed E-state index contributed by atoms with van der Waals surface area (Å²) in [6, 6.07) is 7.50. The van der Waals surface area contributed by atoms with Crippen molar-refractivity contribution in [1.82, 2.24) is 0 Å². The Morgan fingerprint density at radius 3 is 1.43 bits per heavy atom. The zero-order valence-corrected chi connectivity index (χ0v) is 17.5. The van der Waals surface area contributed by atoms with Crippen molar-refractivity contribution in [3.05, 3.63) is 35.4 Å². The van der Waals surface area contributed by atoms with Gasteiger partial charge in [0.25, 0.3) is 0 Å². The highest BCUT2D eigenvalue weighted by atomic mass is 16.2. The third-order valence-corrected chi connectivity index (χ3v) is 6.26. The Kier molecular flexibility index (Phi) is 5.20. The summed E-state index contributed by atoms with van der Waals surface area (Å²) in [7, 11) is 0. The van der Waals surface area contributed by atoms with E-state index in [2.05, 4.69) is 0 Å². The van der Waals surface area contributed by atoms with Crippen LogP contribution in [0.5, 0.6) is 0 Å². The van der Waals surface area contributed by atoms with E-state index in [-0.39, 0.29) is 34.0 Å². The first-order chi connectivity index (χ1) is 12.9. The summed E-state index contributed by atoms with van der Waals surface area (Å²) >= 11 is 0. The number of carbonyl (C=O) groups excluding carboxylic acids is 4. The maximum Gasteiger partial charge on any atom is 0.144 e. The van der Waals surface area contributed by atoms with Crippen molar-refractivity contribution in [2.24, 2.45) is 22.7 Å². The van der Waals surface area contributed by atoms with Crippen LogP contribution in [0, 0.1) is 29.6 Å². The summed E-state index contributed by atoms with van der Waals surface area (Å²) in [4.78, 5) is 52.3. The summed E-state index contributed by atoms with van der Waals surface area (Å²) in [5.74, 6) is -3.06. The second-order valence-corrected chi connectivity index (χ2v) is 10.2.